The highest BCUT2D eigenvalue weighted by atomic mass is 16.5. The number of rotatable bonds is 4. The van der Waals surface area contributed by atoms with E-state index in [1.165, 1.54) is 0 Å². The zero-order valence-corrected chi connectivity index (χ0v) is 9.81. The maximum absolute atomic E-state index is 9.17. The normalized spacial score (nSPS) is 22.6. The second-order valence-electron chi connectivity index (χ2n) is 4.35. The van der Waals surface area contributed by atoms with Crippen LogP contribution in [0, 0.1) is 11.3 Å². The van der Waals surface area contributed by atoms with Gasteiger partial charge in [0.25, 0.3) is 0 Å². The van der Waals surface area contributed by atoms with Crippen LogP contribution in [-0.2, 0) is 6.54 Å². The van der Waals surface area contributed by atoms with Crippen LogP contribution in [0.4, 0.5) is 0 Å². The first-order chi connectivity index (χ1) is 8.22. The molecular weight excluding hydrogens is 216 g/mol. The topological polar surface area (TPSA) is 65.3 Å². The third kappa shape index (κ3) is 2.76. The van der Waals surface area contributed by atoms with E-state index in [1.54, 1.807) is 7.11 Å². The zero-order chi connectivity index (χ0) is 12.3. The van der Waals surface area contributed by atoms with Crippen molar-refractivity contribution in [1.82, 2.24) is 5.32 Å². The summed E-state index contributed by atoms with van der Waals surface area (Å²) in [4.78, 5) is 0. The second kappa shape index (κ2) is 5.17. The van der Waals surface area contributed by atoms with Gasteiger partial charge in [-0.2, -0.15) is 5.26 Å². The number of benzene rings is 1. The van der Waals surface area contributed by atoms with E-state index in [2.05, 4.69) is 11.4 Å². The summed E-state index contributed by atoms with van der Waals surface area (Å²) in [6.07, 6.45) is 1.50. The minimum Gasteiger partial charge on any atom is -0.495 e. The first kappa shape index (κ1) is 11.9. The van der Waals surface area contributed by atoms with Crippen molar-refractivity contribution in [3.05, 3.63) is 29.3 Å². The third-order valence-electron chi connectivity index (χ3n) is 3.09. The number of methoxy groups -OCH3 is 1. The Kier molecular flexibility index (Phi) is 3.62. The lowest BCUT2D eigenvalue weighted by Gasteiger charge is -2.32. The molecule has 1 aromatic carbocycles. The zero-order valence-electron chi connectivity index (χ0n) is 9.81. The fourth-order valence-electron chi connectivity index (χ4n) is 1.97. The molecule has 0 atom stereocenters. The Morgan fingerprint density at radius 2 is 2.29 bits per heavy atom. The molecule has 4 nitrogen and oxygen atoms in total. The Hall–Kier alpha value is -1.57. The molecule has 1 fully saturated rings. The molecule has 0 bridgehead atoms. The SMILES string of the molecule is COc1ccc(CNC2CC(O)C2)cc1C#N. The number of hydrogen-bond acceptors (Lipinski definition) is 4. The van der Waals surface area contributed by atoms with Gasteiger partial charge in [0.05, 0.1) is 18.8 Å². The molecule has 0 saturated heterocycles. The Labute approximate surface area is 101 Å². The van der Waals surface area contributed by atoms with Crippen molar-refractivity contribution >= 4 is 0 Å². The number of nitrogens with one attached hydrogen (secondary N) is 1. The fraction of sp³-hybridized carbons (Fsp3) is 0.462. The van der Waals surface area contributed by atoms with Gasteiger partial charge in [-0.15, -0.1) is 0 Å². The van der Waals surface area contributed by atoms with Gasteiger partial charge < -0.3 is 15.2 Å². The van der Waals surface area contributed by atoms with Crippen LogP contribution in [0.1, 0.15) is 24.0 Å². The van der Waals surface area contributed by atoms with Crippen LogP contribution in [0.5, 0.6) is 5.75 Å². The minimum atomic E-state index is -0.141. The van der Waals surface area contributed by atoms with E-state index in [4.69, 9.17) is 15.1 Å². The maximum atomic E-state index is 9.17. The second-order valence-corrected chi connectivity index (χ2v) is 4.35. The fourth-order valence-corrected chi connectivity index (χ4v) is 1.97. The molecule has 1 aliphatic carbocycles. The summed E-state index contributed by atoms with van der Waals surface area (Å²) < 4.78 is 5.09. The first-order valence-corrected chi connectivity index (χ1v) is 5.71. The summed E-state index contributed by atoms with van der Waals surface area (Å²) in [5, 5.41) is 21.5. The lowest BCUT2D eigenvalue weighted by molar-refractivity contribution is 0.0619. The van der Waals surface area contributed by atoms with Crippen LogP contribution in [0.15, 0.2) is 18.2 Å². The largest absolute Gasteiger partial charge is 0.495 e. The van der Waals surface area contributed by atoms with Crippen LogP contribution in [0.3, 0.4) is 0 Å². The van der Waals surface area contributed by atoms with Crippen molar-refractivity contribution in [2.45, 2.75) is 31.5 Å². The van der Waals surface area contributed by atoms with Crippen LogP contribution in [0.25, 0.3) is 0 Å². The van der Waals surface area contributed by atoms with E-state index in [9.17, 15) is 0 Å². The van der Waals surface area contributed by atoms with Gasteiger partial charge in [-0.05, 0) is 30.5 Å². The van der Waals surface area contributed by atoms with E-state index < -0.39 is 0 Å². The number of aliphatic hydroxyl groups is 1. The molecule has 0 radical (unpaired) electrons. The molecule has 0 spiro atoms. The lowest BCUT2D eigenvalue weighted by Crippen LogP contribution is -2.43. The summed E-state index contributed by atoms with van der Waals surface area (Å²) in [6.45, 7) is 0.718. The number of ether oxygens (including phenoxy) is 1. The van der Waals surface area contributed by atoms with Gasteiger partial charge in [-0.1, -0.05) is 6.07 Å². The molecule has 90 valence electrons. The van der Waals surface area contributed by atoms with Gasteiger partial charge in [0, 0.05) is 12.6 Å². The predicted molar refractivity (Wildman–Crippen MR) is 63.6 cm³/mol. The Morgan fingerprint density at radius 3 is 2.88 bits per heavy atom. The number of nitriles is 1. The van der Waals surface area contributed by atoms with E-state index in [0.717, 1.165) is 24.9 Å². The van der Waals surface area contributed by atoms with Crippen LogP contribution < -0.4 is 10.1 Å². The maximum Gasteiger partial charge on any atom is 0.136 e. The molecule has 1 saturated carbocycles. The van der Waals surface area contributed by atoms with Gasteiger partial charge in [-0.3, -0.25) is 0 Å². The molecule has 0 aromatic heterocycles. The van der Waals surface area contributed by atoms with Gasteiger partial charge in [0.1, 0.15) is 11.8 Å². The van der Waals surface area contributed by atoms with E-state index in [-0.39, 0.29) is 6.10 Å². The van der Waals surface area contributed by atoms with Crippen molar-refractivity contribution in [3.63, 3.8) is 0 Å². The number of aliphatic hydroxyl groups excluding tert-OH is 1. The molecule has 4 heteroatoms. The Balaban J connectivity index is 1.95. The van der Waals surface area contributed by atoms with Crippen molar-refractivity contribution in [1.29, 1.82) is 5.26 Å². The van der Waals surface area contributed by atoms with Gasteiger partial charge in [-0.25, -0.2) is 0 Å². The van der Waals surface area contributed by atoms with Crippen LogP contribution >= 0.6 is 0 Å². The molecule has 17 heavy (non-hydrogen) atoms. The van der Waals surface area contributed by atoms with Crippen molar-refractivity contribution in [3.8, 4) is 11.8 Å². The van der Waals surface area contributed by atoms with Crippen LogP contribution in [0.2, 0.25) is 0 Å². The Bertz CT molecular complexity index is 434. The molecule has 2 rings (SSSR count). The van der Waals surface area contributed by atoms with Crippen molar-refractivity contribution < 1.29 is 9.84 Å². The predicted octanol–water partition coefficient (Wildman–Crippen LogP) is 1.18. The summed E-state index contributed by atoms with van der Waals surface area (Å²) in [5.74, 6) is 0.607. The summed E-state index contributed by atoms with van der Waals surface area (Å²) in [6, 6.07) is 8.11. The molecule has 0 aliphatic heterocycles. The summed E-state index contributed by atoms with van der Waals surface area (Å²) >= 11 is 0. The Morgan fingerprint density at radius 1 is 1.53 bits per heavy atom. The van der Waals surface area contributed by atoms with Crippen molar-refractivity contribution in [2.75, 3.05) is 7.11 Å². The summed E-state index contributed by atoms with van der Waals surface area (Å²) in [7, 11) is 1.56. The van der Waals surface area contributed by atoms with E-state index in [0.29, 0.717) is 17.4 Å². The molecule has 1 aromatic rings. The van der Waals surface area contributed by atoms with Crippen LogP contribution in [-0.4, -0.2) is 24.4 Å². The minimum absolute atomic E-state index is 0.141. The number of hydrogen-bond donors (Lipinski definition) is 2. The van der Waals surface area contributed by atoms with Gasteiger partial charge in [0.2, 0.25) is 0 Å². The smallest absolute Gasteiger partial charge is 0.136 e. The van der Waals surface area contributed by atoms with Crippen molar-refractivity contribution in [2.24, 2.45) is 0 Å². The van der Waals surface area contributed by atoms with Gasteiger partial charge >= 0.3 is 0 Å². The highest BCUT2D eigenvalue weighted by Gasteiger charge is 2.26. The quantitative estimate of drug-likeness (QED) is 0.818. The molecule has 2 N–H and O–H groups in total. The molecule has 1 aliphatic rings. The van der Waals surface area contributed by atoms with Gasteiger partial charge in [0.15, 0.2) is 0 Å². The first-order valence-electron chi connectivity index (χ1n) is 5.71. The highest BCUT2D eigenvalue weighted by molar-refractivity contribution is 5.45. The summed E-state index contributed by atoms with van der Waals surface area (Å²) in [5.41, 5.74) is 1.61. The van der Waals surface area contributed by atoms with E-state index >= 15 is 0 Å². The van der Waals surface area contributed by atoms with E-state index in [1.807, 2.05) is 18.2 Å². The monoisotopic (exact) mass is 232 g/mol. The highest BCUT2D eigenvalue weighted by Crippen LogP contribution is 2.21. The third-order valence-corrected chi connectivity index (χ3v) is 3.09. The molecule has 0 unspecified atom stereocenters. The lowest BCUT2D eigenvalue weighted by atomic mass is 9.89. The average Bonchev–Trinajstić information content (AvgIpc) is 2.32. The molecule has 0 amide bonds. The molecular formula is C13H16N2O2. The standard InChI is InChI=1S/C13H16N2O2/c1-17-13-3-2-9(4-10(13)7-14)8-15-11-5-12(16)6-11/h2-4,11-12,15-16H,5-6,8H2,1H3. The number of nitrogens with zero attached hydrogens (tertiary/aromatic N) is 1. The average molecular weight is 232 g/mol. The molecule has 0 heterocycles.